The van der Waals surface area contributed by atoms with Gasteiger partial charge in [0.15, 0.2) is 0 Å². The van der Waals surface area contributed by atoms with Gasteiger partial charge in [0.2, 0.25) is 0 Å². The van der Waals surface area contributed by atoms with Gasteiger partial charge in [-0.2, -0.15) is 0 Å². The maximum Gasteiger partial charge on any atom is 0.404 e. The van der Waals surface area contributed by atoms with Crippen LogP contribution in [0.1, 0.15) is 31.4 Å². The molecule has 7 heteroatoms. The van der Waals surface area contributed by atoms with Crippen LogP contribution in [0.15, 0.2) is 30.9 Å². The molecule has 1 rings (SSSR count). The fraction of sp³-hybridized carbons (Fsp3) is 0.444. The van der Waals surface area contributed by atoms with Crippen LogP contribution in [0.25, 0.3) is 0 Å². The molecule has 7 N–H and O–H groups in total. The molecule has 7 nitrogen and oxygen atoms in total. The van der Waals surface area contributed by atoms with E-state index in [-0.39, 0.29) is 6.61 Å². The zero-order valence-electron chi connectivity index (χ0n) is 15.5. The third kappa shape index (κ3) is 17.6. The quantitative estimate of drug-likeness (QED) is 0.473. The van der Waals surface area contributed by atoms with E-state index in [1.807, 2.05) is 39.8 Å². The van der Waals surface area contributed by atoms with Gasteiger partial charge < -0.3 is 27.0 Å². The molecule has 25 heavy (non-hydrogen) atoms. The molecule has 1 unspecified atom stereocenters. The maximum absolute atomic E-state index is 10.1. The van der Waals surface area contributed by atoms with Gasteiger partial charge in [-0.15, -0.1) is 0 Å². The summed E-state index contributed by atoms with van der Waals surface area (Å²) in [4.78, 5) is 19.8. The maximum atomic E-state index is 10.1. The van der Waals surface area contributed by atoms with Crippen molar-refractivity contribution in [3.63, 3.8) is 0 Å². The van der Waals surface area contributed by atoms with E-state index in [4.69, 9.17) is 16.6 Å². The normalized spacial score (nSPS) is 10.5. The largest absolute Gasteiger partial charge is 0.480 e. The molecule has 0 spiro atoms. The first-order valence-corrected chi connectivity index (χ1v) is 7.84. The van der Waals surface area contributed by atoms with Gasteiger partial charge in [0.25, 0.3) is 0 Å². The van der Waals surface area contributed by atoms with E-state index in [0.29, 0.717) is 12.3 Å². The van der Waals surface area contributed by atoms with Crippen LogP contribution in [0.5, 0.6) is 0 Å². The van der Waals surface area contributed by atoms with Crippen molar-refractivity contribution < 1.29 is 19.4 Å². The summed E-state index contributed by atoms with van der Waals surface area (Å²) >= 11 is 0. The molecule has 0 radical (unpaired) electrons. The van der Waals surface area contributed by atoms with Crippen molar-refractivity contribution in [3.05, 3.63) is 42.0 Å². The summed E-state index contributed by atoms with van der Waals surface area (Å²) in [6.07, 6.45) is 1.24. The van der Waals surface area contributed by atoms with Crippen LogP contribution in [-0.4, -0.2) is 29.8 Å². The molecule has 0 fully saturated rings. The van der Waals surface area contributed by atoms with Crippen LogP contribution in [0.3, 0.4) is 0 Å². The van der Waals surface area contributed by atoms with Gasteiger partial charge in [0.05, 0.1) is 0 Å². The summed E-state index contributed by atoms with van der Waals surface area (Å²) < 4.78 is 4.21. The number of benzene rings is 1. The SMILES string of the molecule is C=CCOC(N)=O.CC(C)CC(N)C(=O)O.Cc1cc(C)cc(N)c1. The topological polar surface area (TPSA) is 142 Å². The molecule has 1 aromatic carbocycles. The first-order chi connectivity index (χ1) is 11.5. The summed E-state index contributed by atoms with van der Waals surface area (Å²) in [5.41, 5.74) is 18.7. The zero-order valence-corrected chi connectivity index (χ0v) is 15.5. The Morgan fingerprint density at radius 1 is 1.24 bits per heavy atom. The Morgan fingerprint density at radius 3 is 1.92 bits per heavy atom. The number of rotatable bonds is 5. The molecular formula is C18H31N3O4. The molecule has 0 heterocycles. The predicted molar refractivity (Wildman–Crippen MR) is 101 cm³/mol. The molecule has 0 aromatic heterocycles. The highest BCUT2D eigenvalue weighted by atomic mass is 16.5. The van der Waals surface area contributed by atoms with E-state index in [2.05, 4.69) is 23.1 Å². The fourth-order valence-corrected chi connectivity index (χ4v) is 1.76. The molecule has 0 aliphatic carbocycles. The van der Waals surface area contributed by atoms with Crippen LogP contribution < -0.4 is 17.2 Å². The second kappa shape index (κ2) is 13.9. The summed E-state index contributed by atoms with van der Waals surface area (Å²) in [6.45, 7) is 11.5. The van der Waals surface area contributed by atoms with Crippen molar-refractivity contribution >= 4 is 17.7 Å². The molecule has 1 amide bonds. The number of ether oxygens (including phenoxy) is 1. The summed E-state index contributed by atoms with van der Waals surface area (Å²) in [7, 11) is 0. The lowest BCUT2D eigenvalue weighted by molar-refractivity contribution is -0.138. The number of aliphatic carboxylic acids is 1. The smallest absolute Gasteiger partial charge is 0.404 e. The van der Waals surface area contributed by atoms with E-state index in [0.717, 1.165) is 5.69 Å². The van der Waals surface area contributed by atoms with E-state index >= 15 is 0 Å². The van der Waals surface area contributed by atoms with Crippen LogP contribution in [-0.2, 0) is 9.53 Å². The Hall–Kier alpha value is -2.54. The average molecular weight is 353 g/mol. The van der Waals surface area contributed by atoms with E-state index in [1.165, 1.54) is 17.2 Å². The first-order valence-electron chi connectivity index (χ1n) is 7.84. The molecule has 0 aliphatic rings. The number of nitrogen functional groups attached to an aromatic ring is 1. The standard InChI is InChI=1S/C8H11N.C6H13NO2.C4H7NO2/c1-6-3-7(2)5-8(9)4-6;1-4(2)3-5(7)6(8)9;1-2-3-7-4(5)6/h3-5H,9H2,1-2H3;4-5H,3,7H2,1-2H3,(H,8,9);2H,1,3H2,(H2,5,6). The van der Waals surface area contributed by atoms with Crippen molar-refractivity contribution in [1.29, 1.82) is 0 Å². The number of carboxylic acids is 1. The number of amides is 1. The third-order valence-electron chi connectivity index (χ3n) is 2.63. The second-order valence-corrected chi connectivity index (χ2v) is 5.91. The number of hydrogen-bond donors (Lipinski definition) is 4. The van der Waals surface area contributed by atoms with E-state index < -0.39 is 18.1 Å². The number of nitrogens with two attached hydrogens (primary N) is 3. The minimum atomic E-state index is -0.913. The zero-order chi connectivity index (χ0) is 20.0. The lowest BCUT2D eigenvalue weighted by Crippen LogP contribution is -2.31. The van der Waals surface area contributed by atoms with E-state index in [1.54, 1.807) is 0 Å². The van der Waals surface area contributed by atoms with Gasteiger partial charge >= 0.3 is 12.1 Å². The van der Waals surface area contributed by atoms with Crippen LogP contribution >= 0.6 is 0 Å². The predicted octanol–water partition coefficient (Wildman–Crippen LogP) is 2.60. The van der Waals surface area contributed by atoms with E-state index in [9.17, 15) is 9.59 Å². The van der Waals surface area contributed by atoms with Gasteiger partial charge in [0.1, 0.15) is 12.6 Å². The Kier molecular flexibility index (Phi) is 13.7. The molecule has 0 bridgehead atoms. The van der Waals surface area contributed by atoms with Gasteiger partial charge in [0, 0.05) is 5.69 Å². The van der Waals surface area contributed by atoms with Gasteiger partial charge in [-0.25, -0.2) is 4.79 Å². The summed E-state index contributed by atoms with van der Waals surface area (Å²) in [5.74, 6) is -0.556. The number of anilines is 1. The number of carbonyl (C=O) groups excluding carboxylic acids is 1. The van der Waals surface area contributed by atoms with Crippen LogP contribution in [0.4, 0.5) is 10.5 Å². The number of hydrogen-bond acceptors (Lipinski definition) is 5. The first kappa shape index (κ1) is 24.7. The number of aryl methyl sites for hydroxylation is 2. The van der Waals surface area contributed by atoms with Crippen molar-refractivity contribution in [1.82, 2.24) is 0 Å². The molecule has 142 valence electrons. The average Bonchev–Trinajstić information content (AvgIpc) is 2.44. The third-order valence-corrected chi connectivity index (χ3v) is 2.63. The van der Waals surface area contributed by atoms with Crippen molar-refractivity contribution in [2.45, 2.75) is 40.2 Å². The minimum Gasteiger partial charge on any atom is -0.480 e. The Labute approximate surface area is 149 Å². The molecule has 0 saturated heterocycles. The highest BCUT2D eigenvalue weighted by Gasteiger charge is 2.11. The Morgan fingerprint density at radius 2 is 1.72 bits per heavy atom. The van der Waals surface area contributed by atoms with Crippen LogP contribution in [0.2, 0.25) is 0 Å². The lowest BCUT2D eigenvalue weighted by Gasteiger charge is -2.07. The molecular weight excluding hydrogens is 322 g/mol. The Bertz CT molecular complexity index is 495. The summed E-state index contributed by atoms with van der Waals surface area (Å²) in [5, 5.41) is 8.31. The molecule has 0 aliphatic heterocycles. The molecule has 1 atom stereocenters. The lowest BCUT2D eigenvalue weighted by atomic mass is 10.1. The van der Waals surface area contributed by atoms with Gasteiger partial charge in [-0.3, -0.25) is 4.79 Å². The number of carbonyl (C=O) groups is 2. The monoisotopic (exact) mass is 353 g/mol. The second-order valence-electron chi connectivity index (χ2n) is 5.91. The van der Waals surface area contributed by atoms with Crippen molar-refractivity contribution in [3.8, 4) is 0 Å². The van der Waals surface area contributed by atoms with Crippen LogP contribution in [0, 0.1) is 19.8 Å². The number of carboxylic acid groups (broad SMARTS) is 1. The fourth-order valence-electron chi connectivity index (χ4n) is 1.76. The van der Waals surface area contributed by atoms with Gasteiger partial charge in [-0.05, 0) is 49.4 Å². The Balaban J connectivity index is 0. The molecule has 1 aromatic rings. The minimum absolute atomic E-state index is 0.190. The highest BCUT2D eigenvalue weighted by Crippen LogP contribution is 2.08. The summed E-state index contributed by atoms with van der Waals surface area (Å²) in [6, 6.07) is 5.35. The number of primary amides is 1. The van der Waals surface area contributed by atoms with Gasteiger partial charge in [-0.1, -0.05) is 32.6 Å². The van der Waals surface area contributed by atoms with Crippen molar-refractivity contribution in [2.75, 3.05) is 12.3 Å². The van der Waals surface area contributed by atoms with Crippen molar-refractivity contribution in [2.24, 2.45) is 17.4 Å². The molecule has 0 saturated carbocycles. The highest BCUT2D eigenvalue weighted by molar-refractivity contribution is 5.72.